The molecule has 5 heteroatoms. The predicted octanol–water partition coefficient (Wildman–Crippen LogP) is 1.32. The molecule has 0 aliphatic rings. The van der Waals surface area contributed by atoms with Crippen molar-refractivity contribution < 1.29 is 9.53 Å². The summed E-state index contributed by atoms with van der Waals surface area (Å²) >= 11 is 0. The van der Waals surface area contributed by atoms with Gasteiger partial charge in [-0.25, -0.2) is 0 Å². The van der Waals surface area contributed by atoms with Crippen LogP contribution in [0, 0.1) is 0 Å². The van der Waals surface area contributed by atoms with Crippen molar-refractivity contribution in [3.8, 4) is 5.75 Å². The number of para-hydroxylation sites is 1. The lowest BCUT2D eigenvalue weighted by Gasteiger charge is -2.07. The molecule has 2 aromatic rings. The average Bonchev–Trinajstić information content (AvgIpc) is 2.46. The fourth-order valence-corrected chi connectivity index (χ4v) is 1.83. The zero-order chi connectivity index (χ0) is 13.7. The van der Waals surface area contributed by atoms with Crippen LogP contribution in [0.15, 0.2) is 30.5 Å². The summed E-state index contributed by atoms with van der Waals surface area (Å²) in [6.07, 6.45) is 2.32. The van der Waals surface area contributed by atoms with Gasteiger partial charge in [-0.3, -0.25) is 9.78 Å². The molecule has 0 fully saturated rings. The number of nitrogens with one attached hydrogen (secondary N) is 1. The lowest BCUT2D eigenvalue weighted by molar-refractivity contribution is 0.0953. The molecule has 0 unspecified atom stereocenters. The van der Waals surface area contributed by atoms with E-state index in [0.29, 0.717) is 24.4 Å². The van der Waals surface area contributed by atoms with Crippen molar-refractivity contribution in [2.24, 2.45) is 5.73 Å². The number of hydrogen-bond donors (Lipinski definition) is 2. The van der Waals surface area contributed by atoms with E-state index in [2.05, 4.69) is 10.3 Å². The van der Waals surface area contributed by atoms with Gasteiger partial charge >= 0.3 is 0 Å². The highest BCUT2D eigenvalue weighted by atomic mass is 16.5. The summed E-state index contributed by atoms with van der Waals surface area (Å²) in [6, 6.07) is 7.43. The Bertz CT molecular complexity index is 584. The van der Waals surface area contributed by atoms with Crippen LogP contribution in [0.2, 0.25) is 0 Å². The fourth-order valence-electron chi connectivity index (χ4n) is 1.83. The van der Waals surface area contributed by atoms with Gasteiger partial charge in [0.25, 0.3) is 5.91 Å². The first-order valence-electron chi connectivity index (χ1n) is 6.17. The Morgan fingerprint density at radius 2 is 2.32 bits per heavy atom. The topological polar surface area (TPSA) is 77.2 Å². The van der Waals surface area contributed by atoms with Gasteiger partial charge in [0, 0.05) is 18.1 Å². The Kier molecular flexibility index (Phi) is 4.30. The van der Waals surface area contributed by atoms with Crippen LogP contribution < -0.4 is 15.8 Å². The van der Waals surface area contributed by atoms with Crippen LogP contribution in [-0.4, -0.2) is 31.1 Å². The van der Waals surface area contributed by atoms with Crippen molar-refractivity contribution in [1.29, 1.82) is 0 Å². The predicted molar refractivity (Wildman–Crippen MR) is 74.3 cm³/mol. The highest BCUT2D eigenvalue weighted by Crippen LogP contribution is 2.23. The molecule has 3 N–H and O–H groups in total. The van der Waals surface area contributed by atoms with Crippen LogP contribution in [0.25, 0.3) is 10.9 Å². The molecule has 0 aliphatic heterocycles. The van der Waals surface area contributed by atoms with E-state index in [-0.39, 0.29) is 5.91 Å². The van der Waals surface area contributed by atoms with Crippen LogP contribution >= 0.6 is 0 Å². The number of pyridine rings is 1. The van der Waals surface area contributed by atoms with Crippen molar-refractivity contribution in [2.75, 3.05) is 20.2 Å². The van der Waals surface area contributed by atoms with Gasteiger partial charge in [-0.05, 0) is 25.1 Å². The van der Waals surface area contributed by atoms with Gasteiger partial charge < -0.3 is 15.8 Å². The lowest BCUT2D eigenvalue weighted by Crippen LogP contribution is -2.26. The van der Waals surface area contributed by atoms with Crippen LogP contribution in [-0.2, 0) is 0 Å². The zero-order valence-corrected chi connectivity index (χ0v) is 10.8. The van der Waals surface area contributed by atoms with E-state index in [9.17, 15) is 4.79 Å². The number of carbonyl (C=O) groups excluding carboxylic acids is 1. The Labute approximate surface area is 111 Å². The number of carbonyl (C=O) groups is 1. The standard InChI is InChI=1S/C14H17N3O2/c1-19-12-5-2-4-10-8-11(9-17-13(10)12)14(18)16-7-3-6-15/h2,4-5,8-9H,3,6-7,15H2,1H3,(H,16,18). The van der Waals surface area contributed by atoms with E-state index in [4.69, 9.17) is 10.5 Å². The van der Waals surface area contributed by atoms with Gasteiger partial charge in [-0.1, -0.05) is 12.1 Å². The summed E-state index contributed by atoms with van der Waals surface area (Å²) < 4.78 is 5.23. The molecule has 19 heavy (non-hydrogen) atoms. The number of rotatable bonds is 5. The van der Waals surface area contributed by atoms with E-state index in [1.807, 2.05) is 24.3 Å². The third-order valence-electron chi connectivity index (χ3n) is 2.82. The van der Waals surface area contributed by atoms with E-state index in [1.165, 1.54) is 0 Å². The molecule has 2 rings (SSSR count). The second kappa shape index (κ2) is 6.15. The van der Waals surface area contributed by atoms with Crippen molar-refractivity contribution in [3.63, 3.8) is 0 Å². The summed E-state index contributed by atoms with van der Waals surface area (Å²) in [5.41, 5.74) is 6.68. The number of amides is 1. The van der Waals surface area contributed by atoms with Crippen LogP contribution in [0.5, 0.6) is 5.75 Å². The molecule has 0 bridgehead atoms. The maximum absolute atomic E-state index is 11.9. The molecule has 1 heterocycles. The maximum atomic E-state index is 11.9. The Morgan fingerprint density at radius 3 is 3.05 bits per heavy atom. The summed E-state index contributed by atoms with van der Waals surface area (Å²) in [5.74, 6) is 0.568. The summed E-state index contributed by atoms with van der Waals surface area (Å²) in [6.45, 7) is 1.14. The molecule has 0 aliphatic carbocycles. The Hall–Kier alpha value is -2.14. The normalized spacial score (nSPS) is 10.4. The molecule has 1 aromatic heterocycles. The minimum atomic E-state index is -0.134. The largest absolute Gasteiger partial charge is 0.494 e. The smallest absolute Gasteiger partial charge is 0.252 e. The number of hydrogen-bond acceptors (Lipinski definition) is 4. The first-order chi connectivity index (χ1) is 9.26. The van der Waals surface area contributed by atoms with Crippen LogP contribution in [0.3, 0.4) is 0 Å². The molecule has 0 atom stereocenters. The number of aromatic nitrogens is 1. The van der Waals surface area contributed by atoms with Crippen LogP contribution in [0.1, 0.15) is 16.8 Å². The first kappa shape index (κ1) is 13.3. The molecule has 0 saturated carbocycles. The van der Waals surface area contributed by atoms with Crippen molar-refractivity contribution in [3.05, 3.63) is 36.0 Å². The number of nitrogens with zero attached hydrogens (tertiary/aromatic N) is 1. The highest BCUT2D eigenvalue weighted by Gasteiger charge is 2.08. The molecule has 100 valence electrons. The third-order valence-corrected chi connectivity index (χ3v) is 2.82. The van der Waals surface area contributed by atoms with Gasteiger partial charge in [-0.15, -0.1) is 0 Å². The van der Waals surface area contributed by atoms with Gasteiger partial charge in [0.1, 0.15) is 11.3 Å². The number of methoxy groups -OCH3 is 1. The summed E-state index contributed by atoms with van der Waals surface area (Å²) in [5, 5.41) is 3.68. The van der Waals surface area contributed by atoms with Gasteiger partial charge in [0.15, 0.2) is 0 Å². The third kappa shape index (κ3) is 3.00. The van der Waals surface area contributed by atoms with E-state index < -0.39 is 0 Å². The average molecular weight is 259 g/mol. The fraction of sp³-hybridized carbons (Fsp3) is 0.286. The second-order valence-electron chi connectivity index (χ2n) is 4.15. The number of benzene rings is 1. The van der Waals surface area contributed by atoms with Gasteiger partial charge in [-0.2, -0.15) is 0 Å². The Morgan fingerprint density at radius 1 is 1.47 bits per heavy atom. The molecule has 0 saturated heterocycles. The van der Waals surface area contributed by atoms with E-state index >= 15 is 0 Å². The number of nitrogens with two attached hydrogens (primary N) is 1. The van der Waals surface area contributed by atoms with Gasteiger partial charge in [0.05, 0.1) is 12.7 Å². The minimum Gasteiger partial charge on any atom is -0.494 e. The summed E-state index contributed by atoms with van der Waals surface area (Å²) in [4.78, 5) is 16.2. The molecule has 0 spiro atoms. The SMILES string of the molecule is COc1cccc2cc(C(=O)NCCCN)cnc12. The molecular weight excluding hydrogens is 242 g/mol. The van der Waals surface area contributed by atoms with Crippen molar-refractivity contribution in [1.82, 2.24) is 10.3 Å². The Balaban J connectivity index is 2.24. The number of fused-ring (bicyclic) bond motifs is 1. The van der Waals surface area contributed by atoms with E-state index in [0.717, 1.165) is 17.3 Å². The lowest BCUT2D eigenvalue weighted by atomic mass is 10.1. The zero-order valence-electron chi connectivity index (χ0n) is 10.8. The monoisotopic (exact) mass is 259 g/mol. The number of ether oxygens (including phenoxy) is 1. The maximum Gasteiger partial charge on any atom is 0.252 e. The van der Waals surface area contributed by atoms with E-state index in [1.54, 1.807) is 13.3 Å². The van der Waals surface area contributed by atoms with Crippen molar-refractivity contribution in [2.45, 2.75) is 6.42 Å². The van der Waals surface area contributed by atoms with Crippen molar-refractivity contribution >= 4 is 16.8 Å². The minimum absolute atomic E-state index is 0.134. The van der Waals surface area contributed by atoms with Gasteiger partial charge in [0.2, 0.25) is 0 Å². The highest BCUT2D eigenvalue weighted by molar-refractivity contribution is 5.98. The quantitative estimate of drug-likeness (QED) is 0.794. The molecule has 1 aromatic carbocycles. The molecule has 0 radical (unpaired) electrons. The second-order valence-corrected chi connectivity index (χ2v) is 4.15. The summed E-state index contributed by atoms with van der Waals surface area (Å²) in [7, 11) is 1.60. The molecule has 5 nitrogen and oxygen atoms in total. The first-order valence-corrected chi connectivity index (χ1v) is 6.17. The molecule has 1 amide bonds. The molecular formula is C14H17N3O2. The van der Waals surface area contributed by atoms with Crippen LogP contribution in [0.4, 0.5) is 0 Å².